The van der Waals surface area contributed by atoms with E-state index in [1.807, 2.05) is 13.8 Å². The second-order valence-electron chi connectivity index (χ2n) is 4.97. The molecule has 0 aliphatic heterocycles. The number of pyridine rings is 1. The maximum atomic E-state index is 13.0. The van der Waals surface area contributed by atoms with Gasteiger partial charge in [0.25, 0.3) is 0 Å². The predicted molar refractivity (Wildman–Crippen MR) is 85.6 cm³/mol. The van der Waals surface area contributed by atoms with Gasteiger partial charge in [-0.25, -0.2) is 9.18 Å². The maximum Gasteiger partial charge on any atom is 0.319 e. The summed E-state index contributed by atoms with van der Waals surface area (Å²) in [5.41, 5.74) is 3.57. The third kappa shape index (κ3) is 4.44. The average Bonchev–Trinajstić information content (AvgIpc) is 2.46. The minimum absolute atomic E-state index is 0.365. The van der Waals surface area contributed by atoms with Crippen molar-refractivity contribution in [1.82, 2.24) is 10.3 Å². The summed E-state index contributed by atoms with van der Waals surface area (Å²) in [5, 5.41) is 8.55. The first-order valence-electron chi connectivity index (χ1n) is 7.02. The fourth-order valence-electron chi connectivity index (χ4n) is 2.08. The first-order valence-corrected chi connectivity index (χ1v) is 7.02. The highest BCUT2D eigenvalue weighted by molar-refractivity contribution is 5.89. The standard InChI is InChI=1S/C16H19FN4O/c1-11-9-18-10-12(2)15(11)19-6-7-20-16(22)21-14-5-3-4-13(17)8-14/h3-5,8-10H,6-7H2,1-2H3,(H,18,19)(H2,20,21,22). The molecule has 1 heterocycles. The van der Waals surface area contributed by atoms with Crippen LogP contribution in [0.4, 0.5) is 20.6 Å². The van der Waals surface area contributed by atoms with E-state index in [9.17, 15) is 9.18 Å². The minimum atomic E-state index is -0.386. The van der Waals surface area contributed by atoms with E-state index in [0.29, 0.717) is 18.8 Å². The zero-order valence-corrected chi connectivity index (χ0v) is 12.6. The number of anilines is 2. The Morgan fingerprint density at radius 2 is 1.91 bits per heavy atom. The quantitative estimate of drug-likeness (QED) is 0.744. The van der Waals surface area contributed by atoms with Gasteiger partial charge in [-0.1, -0.05) is 6.07 Å². The Hall–Kier alpha value is -2.63. The Kier molecular flexibility index (Phi) is 5.30. The molecule has 2 rings (SSSR count). The molecule has 0 radical (unpaired) electrons. The van der Waals surface area contributed by atoms with Crippen LogP contribution in [0.5, 0.6) is 0 Å². The summed E-state index contributed by atoms with van der Waals surface area (Å²) in [5.74, 6) is -0.386. The van der Waals surface area contributed by atoms with E-state index in [1.54, 1.807) is 24.5 Å². The molecule has 3 N–H and O–H groups in total. The highest BCUT2D eigenvalue weighted by atomic mass is 19.1. The van der Waals surface area contributed by atoms with Crippen molar-refractivity contribution in [3.63, 3.8) is 0 Å². The van der Waals surface area contributed by atoms with E-state index in [1.165, 1.54) is 12.1 Å². The van der Waals surface area contributed by atoms with Gasteiger partial charge >= 0.3 is 6.03 Å². The van der Waals surface area contributed by atoms with Crippen LogP contribution in [0.3, 0.4) is 0 Å². The van der Waals surface area contributed by atoms with Gasteiger partial charge in [-0.05, 0) is 43.2 Å². The van der Waals surface area contributed by atoms with Crippen LogP contribution in [0.25, 0.3) is 0 Å². The summed E-state index contributed by atoms with van der Waals surface area (Å²) in [7, 11) is 0. The molecule has 0 aliphatic carbocycles. The van der Waals surface area contributed by atoms with Crippen LogP contribution >= 0.6 is 0 Å². The van der Waals surface area contributed by atoms with Crippen molar-refractivity contribution in [2.45, 2.75) is 13.8 Å². The number of aryl methyl sites for hydroxylation is 2. The number of hydrogen-bond acceptors (Lipinski definition) is 3. The van der Waals surface area contributed by atoms with Gasteiger partial charge in [0.15, 0.2) is 0 Å². The van der Waals surface area contributed by atoms with Crippen LogP contribution in [0.15, 0.2) is 36.7 Å². The minimum Gasteiger partial charge on any atom is -0.383 e. The Labute approximate surface area is 129 Å². The molecule has 2 amide bonds. The number of carbonyl (C=O) groups excluding carboxylic acids is 1. The third-order valence-electron chi connectivity index (χ3n) is 3.12. The lowest BCUT2D eigenvalue weighted by molar-refractivity contribution is 0.252. The highest BCUT2D eigenvalue weighted by Gasteiger charge is 2.04. The largest absolute Gasteiger partial charge is 0.383 e. The molecule has 0 aliphatic rings. The first kappa shape index (κ1) is 15.8. The summed E-state index contributed by atoms with van der Waals surface area (Å²) in [4.78, 5) is 15.8. The summed E-state index contributed by atoms with van der Waals surface area (Å²) in [6, 6.07) is 5.40. The lowest BCUT2D eigenvalue weighted by Crippen LogP contribution is -2.32. The predicted octanol–water partition coefficient (Wildman–Crippen LogP) is 3.07. The summed E-state index contributed by atoms with van der Waals surface area (Å²) in [6.07, 6.45) is 3.58. The zero-order valence-electron chi connectivity index (χ0n) is 12.6. The van der Waals surface area contributed by atoms with Gasteiger partial charge in [0.05, 0.1) is 0 Å². The molecule has 1 aromatic heterocycles. The third-order valence-corrected chi connectivity index (χ3v) is 3.12. The molecule has 1 aromatic carbocycles. The van der Waals surface area contributed by atoms with Gasteiger partial charge in [0.2, 0.25) is 0 Å². The number of urea groups is 1. The Morgan fingerprint density at radius 1 is 1.18 bits per heavy atom. The van der Waals surface area contributed by atoms with Gasteiger partial charge in [-0.15, -0.1) is 0 Å². The highest BCUT2D eigenvalue weighted by Crippen LogP contribution is 2.17. The van der Waals surface area contributed by atoms with Crippen molar-refractivity contribution in [3.8, 4) is 0 Å². The number of hydrogen-bond donors (Lipinski definition) is 3. The van der Waals surface area contributed by atoms with Crippen molar-refractivity contribution < 1.29 is 9.18 Å². The van der Waals surface area contributed by atoms with Crippen molar-refractivity contribution in [2.24, 2.45) is 0 Å². The second kappa shape index (κ2) is 7.40. The number of halogens is 1. The molecule has 6 heteroatoms. The smallest absolute Gasteiger partial charge is 0.319 e. The average molecular weight is 302 g/mol. The number of nitrogens with one attached hydrogen (secondary N) is 3. The zero-order chi connectivity index (χ0) is 15.9. The molecular formula is C16H19FN4O. The van der Waals surface area contributed by atoms with Crippen LogP contribution in [0.1, 0.15) is 11.1 Å². The molecular weight excluding hydrogens is 283 g/mol. The summed E-state index contributed by atoms with van der Waals surface area (Å²) < 4.78 is 13.0. The van der Waals surface area contributed by atoms with Gasteiger partial charge in [0.1, 0.15) is 5.82 Å². The number of benzene rings is 1. The Balaban J connectivity index is 1.76. The molecule has 0 unspecified atom stereocenters. The van der Waals surface area contributed by atoms with Crippen molar-refractivity contribution in [3.05, 3.63) is 53.6 Å². The van der Waals surface area contributed by atoms with E-state index in [2.05, 4.69) is 20.9 Å². The molecule has 22 heavy (non-hydrogen) atoms. The normalized spacial score (nSPS) is 10.1. The Morgan fingerprint density at radius 3 is 2.59 bits per heavy atom. The molecule has 2 aromatic rings. The molecule has 116 valence electrons. The van der Waals surface area contributed by atoms with Gasteiger partial charge in [0, 0.05) is 36.9 Å². The number of amides is 2. The van der Waals surface area contributed by atoms with Gasteiger partial charge in [-0.2, -0.15) is 0 Å². The number of aromatic nitrogens is 1. The Bertz CT molecular complexity index is 640. The molecule has 0 fully saturated rings. The van der Waals surface area contributed by atoms with Crippen molar-refractivity contribution in [1.29, 1.82) is 0 Å². The maximum absolute atomic E-state index is 13.0. The van der Waals surface area contributed by atoms with E-state index in [0.717, 1.165) is 16.8 Å². The van der Waals surface area contributed by atoms with E-state index in [-0.39, 0.29) is 11.8 Å². The lowest BCUT2D eigenvalue weighted by Gasteiger charge is -2.13. The molecule has 0 saturated carbocycles. The number of rotatable bonds is 5. The van der Waals surface area contributed by atoms with Gasteiger partial charge in [-0.3, -0.25) is 4.98 Å². The molecule has 0 spiro atoms. The van der Waals surface area contributed by atoms with Crippen LogP contribution in [0, 0.1) is 19.7 Å². The molecule has 5 nitrogen and oxygen atoms in total. The van der Waals surface area contributed by atoms with Gasteiger partial charge < -0.3 is 16.0 Å². The second-order valence-corrected chi connectivity index (χ2v) is 4.97. The van der Waals surface area contributed by atoms with E-state index in [4.69, 9.17) is 0 Å². The van der Waals surface area contributed by atoms with Crippen LogP contribution < -0.4 is 16.0 Å². The SMILES string of the molecule is Cc1cncc(C)c1NCCNC(=O)Nc1cccc(F)c1. The molecule has 0 atom stereocenters. The van der Waals surface area contributed by atoms with Crippen LogP contribution in [0.2, 0.25) is 0 Å². The monoisotopic (exact) mass is 302 g/mol. The fourth-order valence-corrected chi connectivity index (χ4v) is 2.08. The number of nitrogens with zero attached hydrogens (tertiary/aromatic N) is 1. The lowest BCUT2D eigenvalue weighted by atomic mass is 10.2. The summed E-state index contributed by atoms with van der Waals surface area (Å²) >= 11 is 0. The van der Waals surface area contributed by atoms with Crippen LogP contribution in [-0.4, -0.2) is 24.1 Å². The first-order chi connectivity index (χ1) is 10.6. The fraction of sp³-hybridized carbons (Fsp3) is 0.250. The molecule has 0 saturated heterocycles. The van der Waals surface area contributed by atoms with Crippen molar-refractivity contribution in [2.75, 3.05) is 23.7 Å². The molecule has 0 bridgehead atoms. The van der Waals surface area contributed by atoms with Crippen molar-refractivity contribution >= 4 is 17.4 Å². The van der Waals surface area contributed by atoms with E-state index < -0.39 is 0 Å². The van der Waals surface area contributed by atoms with Crippen LogP contribution in [-0.2, 0) is 0 Å². The summed E-state index contributed by atoms with van der Waals surface area (Å²) in [6.45, 7) is 4.99. The van der Waals surface area contributed by atoms with E-state index >= 15 is 0 Å². The number of carbonyl (C=O) groups is 1. The topological polar surface area (TPSA) is 66.0 Å².